The maximum Gasteiger partial charge on any atom is 0.416 e. The fourth-order valence-electron chi connectivity index (χ4n) is 0.957. The van der Waals surface area contributed by atoms with Gasteiger partial charge in [-0.25, -0.2) is 0 Å². The van der Waals surface area contributed by atoms with Crippen LogP contribution in [0.4, 0.5) is 13.2 Å². The highest BCUT2D eigenvalue weighted by Crippen LogP contribution is 2.29. The number of benzene rings is 1. The molecular weight excluding hydrogens is 221 g/mol. The lowest BCUT2D eigenvalue weighted by Gasteiger charge is -2.06. The summed E-state index contributed by atoms with van der Waals surface area (Å²) in [7, 11) is 0. The summed E-state index contributed by atoms with van der Waals surface area (Å²) in [6.45, 7) is 0. The number of nitrogens with two attached hydrogens (primary N) is 2. The zero-order valence-electron chi connectivity index (χ0n) is 8.07. The van der Waals surface area contributed by atoms with Crippen LogP contribution in [0.3, 0.4) is 0 Å². The lowest BCUT2D eigenvalue weighted by atomic mass is 10.1. The van der Waals surface area contributed by atoms with Gasteiger partial charge in [-0.2, -0.15) is 18.3 Å². The maximum absolute atomic E-state index is 12.3. The highest BCUT2D eigenvalue weighted by atomic mass is 19.4. The summed E-state index contributed by atoms with van der Waals surface area (Å²) in [6, 6.07) is 4.66. The fraction of sp³-hybridized carbons (Fsp3) is 0.111. The Morgan fingerprint density at radius 1 is 1.25 bits per heavy atom. The molecule has 4 nitrogen and oxygen atoms in total. The molecule has 86 valence electrons. The van der Waals surface area contributed by atoms with Crippen LogP contribution in [-0.4, -0.2) is 12.2 Å². The van der Waals surface area contributed by atoms with Crippen LogP contribution in [0.1, 0.15) is 11.1 Å². The Morgan fingerprint density at radius 3 is 2.50 bits per heavy atom. The fourth-order valence-corrected chi connectivity index (χ4v) is 0.957. The van der Waals surface area contributed by atoms with Gasteiger partial charge in [0.1, 0.15) is 0 Å². The van der Waals surface area contributed by atoms with Gasteiger partial charge in [-0.3, -0.25) is 0 Å². The van der Waals surface area contributed by atoms with E-state index in [9.17, 15) is 13.2 Å². The van der Waals surface area contributed by atoms with Crippen LogP contribution < -0.4 is 11.5 Å². The van der Waals surface area contributed by atoms with Gasteiger partial charge in [0.2, 0.25) is 5.96 Å². The number of nitrogens with zero attached hydrogens (tertiary/aromatic N) is 2. The summed E-state index contributed by atoms with van der Waals surface area (Å²) in [4.78, 5) is 0. The molecule has 0 aliphatic heterocycles. The van der Waals surface area contributed by atoms with E-state index in [2.05, 4.69) is 10.2 Å². The Bertz CT molecular complexity index is 419. The minimum Gasteiger partial charge on any atom is -0.369 e. The summed E-state index contributed by atoms with van der Waals surface area (Å²) in [6.07, 6.45) is -3.24. The normalized spacial score (nSPS) is 11.7. The van der Waals surface area contributed by atoms with Crippen molar-refractivity contribution in [2.45, 2.75) is 6.18 Å². The van der Waals surface area contributed by atoms with E-state index in [1.165, 1.54) is 12.1 Å². The van der Waals surface area contributed by atoms with Crippen LogP contribution in [0.5, 0.6) is 0 Å². The second-order valence-corrected chi connectivity index (χ2v) is 2.89. The Labute approximate surface area is 89.5 Å². The average molecular weight is 230 g/mol. The average Bonchev–Trinajstić information content (AvgIpc) is 2.16. The molecule has 0 radical (unpaired) electrons. The molecule has 0 bridgehead atoms. The van der Waals surface area contributed by atoms with Gasteiger partial charge >= 0.3 is 6.18 Å². The molecular formula is C9H9F3N4. The molecule has 0 amide bonds. The predicted octanol–water partition coefficient (Wildman–Crippen LogP) is 1.31. The first-order chi connectivity index (χ1) is 7.39. The Morgan fingerprint density at radius 2 is 1.94 bits per heavy atom. The van der Waals surface area contributed by atoms with E-state index < -0.39 is 11.7 Å². The molecule has 0 unspecified atom stereocenters. The zero-order valence-corrected chi connectivity index (χ0v) is 8.07. The second kappa shape index (κ2) is 4.65. The van der Waals surface area contributed by atoms with Crippen molar-refractivity contribution in [3.63, 3.8) is 0 Å². The van der Waals surface area contributed by atoms with Gasteiger partial charge < -0.3 is 11.5 Å². The van der Waals surface area contributed by atoms with E-state index in [1.807, 2.05) is 0 Å². The molecule has 0 fully saturated rings. The van der Waals surface area contributed by atoms with Crippen molar-refractivity contribution in [1.29, 1.82) is 0 Å². The number of guanidine groups is 1. The minimum absolute atomic E-state index is 0.261. The van der Waals surface area contributed by atoms with Gasteiger partial charge in [0.25, 0.3) is 0 Å². The largest absolute Gasteiger partial charge is 0.416 e. The van der Waals surface area contributed by atoms with Crippen LogP contribution in [0, 0.1) is 0 Å². The van der Waals surface area contributed by atoms with Crippen molar-refractivity contribution in [3.8, 4) is 0 Å². The lowest BCUT2D eigenvalue weighted by molar-refractivity contribution is -0.137. The van der Waals surface area contributed by atoms with Crippen molar-refractivity contribution >= 4 is 12.2 Å². The molecule has 0 saturated heterocycles. The molecule has 16 heavy (non-hydrogen) atoms. The van der Waals surface area contributed by atoms with Crippen molar-refractivity contribution in [1.82, 2.24) is 0 Å². The van der Waals surface area contributed by atoms with Crippen LogP contribution >= 0.6 is 0 Å². The molecule has 7 heteroatoms. The first-order valence-corrected chi connectivity index (χ1v) is 4.19. The topological polar surface area (TPSA) is 76.8 Å². The van der Waals surface area contributed by atoms with Gasteiger partial charge in [0.05, 0.1) is 11.8 Å². The summed E-state index contributed by atoms with van der Waals surface area (Å²) in [5.41, 5.74) is 9.49. The van der Waals surface area contributed by atoms with Crippen molar-refractivity contribution < 1.29 is 13.2 Å². The monoisotopic (exact) mass is 230 g/mol. The van der Waals surface area contributed by atoms with Gasteiger partial charge in [-0.15, -0.1) is 5.10 Å². The van der Waals surface area contributed by atoms with Crippen molar-refractivity contribution in [2.75, 3.05) is 0 Å². The highest BCUT2D eigenvalue weighted by molar-refractivity contribution is 5.81. The molecule has 0 heterocycles. The van der Waals surface area contributed by atoms with E-state index in [0.717, 1.165) is 18.3 Å². The molecule has 0 aromatic heterocycles. The minimum atomic E-state index is -4.37. The standard InChI is InChI=1S/C9H9F3N4/c10-9(11,12)7-3-1-2-6(4-7)5-15-16-8(13)14/h1-5H,(H4,13,14,16)/b15-5-. The highest BCUT2D eigenvalue weighted by Gasteiger charge is 2.30. The van der Waals surface area contributed by atoms with E-state index in [1.54, 1.807) is 0 Å². The van der Waals surface area contributed by atoms with Crippen LogP contribution in [-0.2, 0) is 6.18 Å². The number of alkyl halides is 3. The van der Waals surface area contributed by atoms with E-state index in [0.29, 0.717) is 0 Å². The summed E-state index contributed by atoms with van der Waals surface area (Å²) < 4.78 is 36.9. The SMILES string of the molecule is NC(N)=N/N=C\c1cccc(C(F)(F)F)c1. The third-order valence-electron chi connectivity index (χ3n) is 1.59. The quantitative estimate of drug-likeness (QED) is 0.456. The first kappa shape index (κ1) is 12.0. The molecule has 4 N–H and O–H groups in total. The summed E-state index contributed by atoms with van der Waals surface area (Å²) in [5, 5.41) is 6.68. The molecule has 0 spiro atoms. The summed E-state index contributed by atoms with van der Waals surface area (Å²) in [5.74, 6) is -0.261. The Kier molecular flexibility index (Phi) is 3.49. The lowest BCUT2D eigenvalue weighted by Crippen LogP contribution is -2.21. The Balaban J connectivity index is 2.92. The number of hydrogen-bond acceptors (Lipinski definition) is 2. The van der Waals surface area contributed by atoms with Gasteiger partial charge in [0.15, 0.2) is 0 Å². The van der Waals surface area contributed by atoms with Crippen LogP contribution in [0.15, 0.2) is 34.5 Å². The second-order valence-electron chi connectivity index (χ2n) is 2.89. The van der Waals surface area contributed by atoms with Gasteiger partial charge in [0, 0.05) is 0 Å². The molecule has 0 saturated carbocycles. The number of hydrogen-bond donors (Lipinski definition) is 2. The smallest absolute Gasteiger partial charge is 0.369 e. The molecule has 0 atom stereocenters. The third kappa shape index (κ3) is 3.60. The van der Waals surface area contributed by atoms with Crippen molar-refractivity contribution in [2.24, 2.45) is 21.7 Å². The molecule has 0 aliphatic rings. The number of rotatable bonds is 2. The van der Waals surface area contributed by atoms with Crippen LogP contribution in [0.25, 0.3) is 0 Å². The van der Waals surface area contributed by atoms with E-state index in [-0.39, 0.29) is 11.5 Å². The van der Waals surface area contributed by atoms with Gasteiger partial charge in [-0.05, 0) is 17.7 Å². The molecule has 0 aliphatic carbocycles. The zero-order chi connectivity index (χ0) is 12.2. The number of halogens is 3. The maximum atomic E-state index is 12.3. The van der Waals surface area contributed by atoms with E-state index >= 15 is 0 Å². The molecule has 1 aromatic carbocycles. The first-order valence-electron chi connectivity index (χ1n) is 4.19. The van der Waals surface area contributed by atoms with Crippen molar-refractivity contribution in [3.05, 3.63) is 35.4 Å². The Hall–Kier alpha value is -2.05. The summed E-state index contributed by atoms with van der Waals surface area (Å²) >= 11 is 0. The third-order valence-corrected chi connectivity index (χ3v) is 1.59. The predicted molar refractivity (Wildman–Crippen MR) is 54.8 cm³/mol. The van der Waals surface area contributed by atoms with Crippen LogP contribution in [0.2, 0.25) is 0 Å². The van der Waals surface area contributed by atoms with Gasteiger partial charge in [-0.1, -0.05) is 12.1 Å². The molecule has 1 aromatic rings. The van der Waals surface area contributed by atoms with E-state index in [4.69, 9.17) is 11.5 Å². The molecule has 1 rings (SSSR count).